The molecule has 3 aromatic rings. The summed E-state index contributed by atoms with van der Waals surface area (Å²) in [4.78, 5) is 4.61. The van der Waals surface area contributed by atoms with Crippen LogP contribution in [0.4, 0.5) is 10.1 Å². The zero-order valence-corrected chi connectivity index (χ0v) is 14.2. The molecule has 0 aliphatic heterocycles. The van der Waals surface area contributed by atoms with E-state index >= 15 is 0 Å². The lowest BCUT2D eigenvalue weighted by molar-refractivity contribution is 0.354. The van der Waals surface area contributed by atoms with E-state index in [-0.39, 0.29) is 5.69 Å². The van der Waals surface area contributed by atoms with E-state index in [1.807, 2.05) is 23.6 Å². The van der Waals surface area contributed by atoms with Gasteiger partial charge in [-0.15, -0.1) is 11.3 Å². The monoisotopic (exact) mass is 344 g/mol. The summed E-state index contributed by atoms with van der Waals surface area (Å²) in [6.07, 6.45) is 0.682. The molecule has 0 bridgehead atoms. The van der Waals surface area contributed by atoms with E-state index in [1.165, 1.54) is 6.07 Å². The highest BCUT2D eigenvalue weighted by Crippen LogP contribution is 2.30. The second-order valence-electron chi connectivity index (χ2n) is 5.23. The highest BCUT2D eigenvalue weighted by atomic mass is 32.1. The largest absolute Gasteiger partial charge is 0.493 e. The summed E-state index contributed by atoms with van der Waals surface area (Å²) in [5, 5.41) is 2.91. The minimum atomic E-state index is -0.417. The highest BCUT2D eigenvalue weighted by molar-refractivity contribution is 7.10. The van der Waals surface area contributed by atoms with E-state index in [1.54, 1.807) is 37.7 Å². The SMILES string of the molecule is COc1ccc(Cc2nc(-c3ccc(F)c(N)c3)cs2)cc1OC. The molecule has 6 heteroatoms. The van der Waals surface area contributed by atoms with E-state index < -0.39 is 5.82 Å². The topological polar surface area (TPSA) is 57.4 Å². The molecule has 1 aromatic heterocycles. The fourth-order valence-electron chi connectivity index (χ4n) is 2.39. The molecule has 0 aliphatic rings. The first-order valence-electron chi connectivity index (χ1n) is 7.31. The second kappa shape index (κ2) is 6.88. The van der Waals surface area contributed by atoms with Gasteiger partial charge in [0.1, 0.15) is 5.82 Å². The molecule has 0 amide bonds. The van der Waals surface area contributed by atoms with Crippen molar-refractivity contribution in [1.82, 2.24) is 4.98 Å². The summed E-state index contributed by atoms with van der Waals surface area (Å²) in [6.45, 7) is 0. The number of methoxy groups -OCH3 is 2. The van der Waals surface area contributed by atoms with Gasteiger partial charge in [-0.1, -0.05) is 6.07 Å². The molecule has 0 saturated carbocycles. The Hall–Kier alpha value is -2.60. The summed E-state index contributed by atoms with van der Waals surface area (Å²) in [7, 11) is 3.22. The zero-order chi connectivity index (χ0) is 17.1. The van der Waals surface area contributed by atoms with Gasteiger partial charge < -0.3 is 15.2 Å². The van der Waals surface area contributed by atoms with Gasteiger partial charge in [-0.25, -0.2) is 9.37 Å². The minimum Gasteiger partial charge on any atom is -0.493 e. The van der Waals surface area contributed by atoms with Gasteiger partial charge in [0.25, 0.3) is 0 Å². The van der Waals surface area contributed by atoms with Crippen LogP contribution in [0.5, 0.6) is 11.5 Å². The number of hydrogen-bond acceptors (Lipinski definition) is 5. The molecule has 2 aromatic carbocycles. The van der Waals surface area contributed by atoms with Crippen LogP contribution in [0.1, 0.15) is 10.6 Å². The van der Waals surface area contributed by atoms with Gasteiger partial charge in [0, 0.05) is 17.4 Å². The van der Waals surface area contributed by atoms with Crippen LogP contribution in [0.2, 0.25) is 0 Å². The summed E-state index contributed by atoms with van der Waals surface area (Å²) in [6, 6.07) is 10.4. The molecule has 2 N–H and O–H groups in total. The molecular weight excluding hydrogens is 327 g/mol. The Morgan fingerprint density at radius 1 is 1.08 bits per heavy atom. The lowest BCUT2D eigenvalue weighted by atomic mass is 10.1. The Balaban J connectivity index is 1.82. The number of nitrogen functional groups attached to an aromatic ring is 1. The van der Waals surface area contributed by atoms with Crippen molar-refractivity contribution in [2.45, 2.75) is 6.42 Å². The molecule has 0 fully saturated rings. The molecule has 0 unspecified atom stereocenters. The van der Waals surface area contributed by atoms with Crippen molar-refractivity contribution in [3.05, 3.63) is 58.2 Å². The Labute approximate surface area is 143 Å². The van der Waals surface area contributed by atoms with Gasteiger partial charge in [-0.3, -0.25) is 0 Å². The Morgan fingerprint density at radius 3 is 2.58 bits per heavy atom. The van der Waals surface area contributed by atoms with Gasteiger partial charge in [-0.2, -0.15) is 0 Å². The maximum Gasteiger partial charge on any atom is 0.160 e. The van der Waals surface area contributed by atoms with E-state index in [2.05, 4.69) is 4.98 Å². The van der Waals surface area contributed by atoms with Crippen molar-refractivity contribution in [3.63, 3.8) is 0 Å². The van der Waals surface area contributed by atoms with Crippen molar-refractivity contribution in [2.24, 2.45) is 0 Å². The number of nitrogens with two attached hydrogens (primary N) is 1. The van der Waals surface area contributed by atoms with E-state index in [9.17, 15) is 4.39 Å². The predicted molar refractivity (Wildman–Crippen MR) is 94.3 cm³/mol. The maximum atomic E-state index is 13.3. The van der Waals surface area contributed by atoms with Gasteiger partial charge in [0.15, 0.2) is 11.5 Å². The van der Waals surface area contributed by atoms with Crippen LogP contribution < -0.4 is 15.2 Å². The van der Waals surface area contributed by atoms with Gasteiger partial charge in [-0.05, 0) is 35.9 Å². The first-order valence-corrected chi connectivity index (χ1v) is 8.19. The standard InChI is InChI=1S/C18H17FN2O2S/c1-22-16-6-3-11(7-17(16)23-2)8-18-21-15(10-24-18)12-4-5-13(19)14(20)9-12/h3-7,9-10H,8,20H2,1-2H3. The third kappa shape index (κ3) is 3.33. The number of ether oxygens (including phenoxy) is 2. The molecule has 0 aliphatic carbocycles. The normalized spacial score (nSPS) is 10.6. The van der Waals surface area contributed by atoms with Crippen molar-refractivity contribution in [2.75, 3.05) is 20.0 Å². The van der Waals surface area contributed by atoms with Crippen molar-refractivity contribution < 1.29 is 13.9 Å². The molecule has 1 heterocycles. The van der Waals surface area contributed by atoms with Crippen molar-refractivity contribution in [3.8, 4) is 22.8 Å². The Bertz CT molecular complexity index is 864. The zero-order valence-electron chi connectivity index (χ0n) is 13.4. The minimum absolute atomic E-state index is 0.127. The summed E-state index contributed by atoms with van der Waals surface area (Å²) >= 11 is 1.55. The number of thiazole rings is 1. The Morgan fingerprint density at radius 2 is 1.88 bits per heavy atom. The summed E-state index contributed by atoms with van der Waals surface area (Å²) in [5.74, 6) is 0.973. The molecule has 24 heavy (non-hydrogen) atoms. The van der Waals surface area contributed by atoms with Crippen LogP contribution in [0.25, 0.3) is 11.3 Å². The highest BCUT2D eigenvalue weighted by Gasteiger charge is 2.10. The fraction of sp³-hybridized carbons (Fsp3) is 0.167. The van der Waals surface area contributed by atoms with Gasteiger partial charge >= 0.3 is 0 Å². The summed E-state index contributed by atoms with van der Waals surface area (Å²) < 4.78 is 23.8. The third-order valence-corrected chi connectivity index (χ3v) is 4.50. The van der Waals surface area contributed by atoms with Crippen LogP contribution in [-0.4, -0.2) is 19.2 Å². The fourth-order valence-corrected chi connectivity index (χ4v) is 3.23. The first-order chi connectivity index (χ1) is 11.6. The van der Waals surface area contributed by atoms with Crippen molar-refractivity contribution >= 4 is 17.0 Å². The molecular formula is C18H17FN2O2S. The number of rotatable bonds is 5. The number of halogens is 1. The summed E-state index contributed by atoms with van der Waals surface area (Å²) in [5.41, 5.74) is 8.43. The van der Waals surface area contributed by atoms with Gasteiger partial charge in [0.2, 0.25) is 0 Å². The smallest absolute Gasteiger partial charge is 0.160 e. The average Bonchev–Trinajstić information content (AvgIpc) is 3.05. The van der Waals surface area contributed by atoms with E-state index in [0.29, 0.717) is 17.9 Å². The number of anilines is 1. The quantitative estimate of drug-likeness (QED) is 0.707. The van der Waals surface area contributed by atoms with Crippen LogP contribution in [0, 0.1) is 5.82 Å². The maximum absolute atomic E-state index is 13.3. The Kier molecular flexibility index (Phi) is 4.66. The van der Waals surface area contributed by atoms with Crippen molar-refractivity contribution in [1.29, 1.82) is 0 Å². The van der Waals surface area contributed by atoms with Crippen LogP contribution in [0.3, 0.4) is 0 Å². The number of nitrogens with zero attached hydrogens (tertiary/aromatic N) is 1. The third-order valence-electron chi connectivity index (χ3n) is 3.65. The molecule has 0 spiro atoms. The molecule has 3 rings (SSSR count). The van der Waals surface area contributed by atoms with E-state index in [4.69, 9.17) is 15.2 Å². The molecule has 124 valence electrons. The van der Waals surface area contributed by atoms with Crippen LogP contribution in [-0.2, 0) is 6.42 Å². The molecule has 0 radical (unpaired) electrons. The lowest BCUT2D eigenvalue weighted by Crippen LogP contribution is -1.94. The van der Waals surface area contributed by atoms with E-state index in [0.717, 1.165) is 21.8 Å². The molecule has 4 nitrogen and oxygen atoms in total. The average molecular weight is 344 g/mol. The molecule has 0 saturated heterocycles. The predicted octanol–water partition coefficient (Wildman–Crippen LogP) is 4.14. The molecule has 0 atom stereocenters. The lowest BCUT2D eigenvalue weighted by Gasteiger charge is -2.08. The number of aromatic nitrogens is 1. The number of benzene rings is 2. The van der Waals surface area contributed by atoms with Crippen LogP contribution in [0.15, 0.2) is 41.8 Å². The van der Waals surface area contributed by atoms with Crippen LogP contribution >= 0.6 is 11.3 Å². The number of hydrogen-bond donors (Lipinski definition) is 1. The second-order valence-corrected chi connectivity index (χ2v) is 6.17. The first kappa shape index (κ1) is 16.3. The van der Waals surface area contributed by atoms with Gasteiger partial charge in [0.05, 0.1) is 30.6 Å².